The van der Waals surface area contributed by atoms with Gasteiger partial charge in [-0.05, 0) is 80.2 Å². The standard InChI is InChI=1S/C47H30N4/c1-3-11-31(12-4-1)45-36-15-7-9-17-38(36)46(39-18-10-8-16-37(39)45)32-19-21-33(22-20-32)47-49-28-25-42(50-47)34-23-24-43-40(29-34)41-30-48-27-26-44(41)51(43)35-13-5-2-6-14-35/h1-30H. The van der Waals surface area contributed by atoms with Crippen LogP contribution in [0.25, 0.3) is 93.9 Å². The molecule has 0 saturated carbocycles. The molecule has 238 valence electrons. The largest absolute Gasteiger partial charge is 0.309 e. The van der Waals surface area contributed by atoms with Crippen molar-refractivity contribution in [2.75, 3.05) is 0 Å². The highest BCUT2D eigenvalue weighted by Crippen LogP contribution is 2.44. The van der Waals surface area contributed by atoms with Crippen LogP contribution in [0.1, 0.15) is 0 Å². The maximum atomic E-state index is 5.08. The van der Waals surface area contributed by atoms with Crippen molar-refractivity contribution in [2.24, 2.45) is 0 Å². The minimum atomic E-state index is 0.696. The fraction of sp³-hybridized carbons (Fsp3) is 0. The summed E-state index contributed by atoms with van der Waals surface area (Å²) in [5.74, 6) is 0.696. The number of fused-ring (bicyclic) bond motifs is 5. The van der Waals surface area contributed by atoms with E-state index in [1.807, 2.05) is 30.7 Å². The molecule has 0 N–H and O–H groups in total. The Kier molecular flexibility index (Phi) is 6.78. The molecular formula is C47H30N4. The minimum absolute atomic E-state index is 0.696. The van der Waals surface area contributed by atoms with E-state index in [-0.39, 0.29) is 0 Å². The van der Waals surface area contributed by atoms with Crippen LogP contribution in [-0.4, -0.2) is 19.5 Å². The van der Waals surface area contributed by atoms with Crippen molar-refractivity contribution in [3.05, 3.63) is 182 Å². The summed E-state index contributed by atoms with van der Waals surface area (Å²) in [6.07, 6.45) is 5.66. The Morgan fingerprint density at radius 3 is 1.61 bits per heavy atom. The molecule has 0 amide bonds. The Morgan fingerprint density at radius 2 is 0.941 bits per heavy atom. The van der Waals surface area contributed by atoms with Crippen molar-refractivity contribution >= 4 is 43.4 Å². The van der Waals surface area contributed by atoms with E-state index in [4.69, 9.17) is 9.97 Å². The van der Waals surface area contributed by atoms with Crippen LogP contribution < -0.4 is 0 Å². The summed E-state index contributed by atoms with van der Waals surface area (Å²) in [4.78, 5) is 14.3. The molecule has 4 heteroatoms. The molecule has 0 aliphatic rings. The Labute approximate surface area is 295 Å². The van der Waals surface area contributed by atoms with E-state index in [9.17, 15) is 0 Å². The first kappa shape index (κ1) is 29.0. The number of nitrogens with zero attached hydrogens (tertiary/aromatic N) is 4. The van der Waals surface area contributed by atoms with Crippen LogP contribution in [0.5, 0.6) is 0 Å². The average molecular weight is 651 g/mol. The molecular weight excluding hydrogens is 621 g/mol. The topological polar surface area (TPSA) is 43.6 Å². The molecule has 0 bridgehead atoms. The van der Waals surface area contributed by atoms with Gasteiger partial charge in [0.25, 0.3) is 0 Å². The summed E-state index contributed by atoms with van der Waals surface area (Å²) in [5, 5.41) is 7.22. The molecule has 3 heterocycles. The second kappa shape index (κ2) is 11.9. The molecule has 0 radical (unpaired) electrons. The van der Waals surface area contributed by atoms with Crippen molar-refractivity contribution in [3.63, 3.8) is 0 Å². The number of rotatable bonds is 5. The van der Waals surface area contributed by atoms with Crippen LogP contribution in [-0.2, 0) is 0 Å². The van der Waals surface area contributed by atoms with Crippen molar-refractivity contribution in [1.29, 1.82) is 0 Å². The first-order chi connectivity index (χ1) is 25.3. The molecule has 0 atom stereocenters. The molecule has 4 nitrogen and oxygen atoms in total. The van der Waals surface area contributed by atoms with Gasteiger partial charge in [0.05, 0.1) is 16.7 Å². The molecule has 7 aromatic carbocycles. The molecule has 10 aromatic rings. The predicted octanol–water partition coefficient (Wildman–Crippen LogP) is 11.9. The van der Waals surface area contributed by atoms with Crippen LogP contribution in [0.2, 0.25) is 0 Å². The smallest absolute Gasteiger partial charge is 0.159 e. The minimum Gasteiger partial charge on any atom is -0.309 e. The van der Waals surface area contributed by atoms with Crippen LogP contribution in [0.4, 0.5) is 0 Å². The molecule has 0 fully saturated rings. The average Bonchev–Trinajstić information content (AvgIpc) is 3.54. The third kappa shape index (κ3) is 4.80. The first-order valence-corrected chi connectivity index (χ1v) is 17.2. The lowest BCUT2D eigenvalue weighted by atomic mass is 9.86. The molecule has 3 aromatic heterocycles. The summed E-state index contributed by atoms with van der Waals surface area (Å²) < 4.78 is 2.30. The molecule has 10 rings (SSSR count). The van der Waals surface area contributed by atoms with E-state index in [1.165, 1.54) is 38.2 Å². The van der Waals surface area contributed by atoms with Gasteiger partial charge in [-0.1, -0.05) is 127 Å². The fourth-order valence-corrected chi connectivity index (χ4v) is 7.68. The van der Waals surface area contributed by atoms with Gasteiger partial charge in [-0.15, -0.1) is 0 Å². The van der Waals surface area contributed by atoms with Crippen molar-refractivity contribution in [3.8, 4) is 50.6 Å². The van der Waals surface area contributed by atoms with E-state index in [1.54, 1.807) is 0 Å². The van der Waals surface area contributed by atoms with Crippen molar-refractivity contribution in [2.45, 2.75) is 0 Å². The lowest BCUT2D eigenvalue weighted by Gasteiger charge is -2.17. The first-order valence-electron chi connectivity index (χ1n) is 17.2. The van der Waals surface area contributed by atoms with Gasteiger partial charge in [0.1, 0.15) is 0 Å². The van der Waals surface area contributed by atoms with Gasteiger partial charge in [-0.25, -0.2) is 9.97 Å². The molecule has 0 spiro atoms. The highest BCUT2D eigenvalue weighted by Gasteiger charge is 2.17. The summed E-state index contributed by atoms with van der Waals surface area (Å²) in [7, 11) is 0. The van der Waals surface area contributed by atoms with Gasteiger partial charge in [-0.3, -0.25) is 4.98 Å². The third-order valence-electron chi connectivity index (χ3n) is 9.96. The molecule has 0 aliphatic heterocycles. The number of aromatic nitrogens is 4. The number of hydrogen-bond acceptors (Lipinski definition) is 3. The summed E-state index contributed by atoms with van der Waals surface area (Å²) in [5.41, 5.74) is 11.2. The normalized spacial score (nSPS) is 11.5. The van der Waals surface area contributed by atoms with Crippen LogP contribution in [0, 0.1) is 0 Å². The van der Waals surface area contributed by atoms with Gasteiger partial charge in [0, 0.05) is 46.2 Å². The molecule has 0 aliphatic carbocycles. The summed E-state index contributed by atoms with van der Waals surface area (Å²) in [6, 6.07) is 58.0. The molecule has 51 heavy (non-hydrogen) atoms. The zero-order valence-electron chi connectivity index (χ0n) is 27.6. The fourth-order valence-electron chi connectivity index (χ4n) is 7.68. The maximum absolute atomic E-state index is 5.08. The van der Waals surface area contributed by atoms with Crippen LogP contribution in [0.3, 0.4) is 0 Å². The number of benzene rings is 7. The van der Waals surface area contributed by atoms with Crippen LogP contribution in [0.15, 0.2) is 182 Å². The highest BCUT2D eigenvalue weighted by molar-refractivity contribution is 6.21. The van der Waals surface area contributed by atoms with Gasteiger partial charge < -0.3 is 4.57 Å². The quantitative estimate of drug-likeness (QED) is 0.174. The van der Waals surface area contributed by atoms with Crippen LogP contribution >= 0.6 is 0 Å². The monoisotopic (exact) mass is 650 g/mol. The number of pyridine rings is 1. The Hall–Kier alpha value is -6.91. The molecule has 0 saturated heterocycles. The zero-order chi connectivity index (χ0) is 33.7. The van der Waals surface area contributed by atoms with E-state index in [0.717, 1.165) is 49.9 Å². The maximum Gasteiger partial charge on any atom is 0.159 e. The molecule has 0 unspecified atom stereocenters. The second-order valence-corrected chi connectivity index (χ2v) is 12.8. The Bertz CT molecular complexity index is 2840. The Balaban J connectivity index is 1.06. The second-order valence-electron chi connectivity index (χ2n) is 12.8. The number of hydrogen-bond donors (Lipinski definition) is 0. The van der Waals surface area contributed by atoms with Gasteiger partial charge in [-0.2, -0.15) is 0 Å². The van der Waals surface area contributed by atoms with E-state index >= 15 is 0 Å². The highest BCUT2D eigenvalue weighted by atomic mass is 15.0. The Morgan fingerprint density at radius 1 is 0.392 bits per heavy atom. The zero-order valence-corrected chi connectivity index (χ0v) is 27.6. The SMILES string of the molecule is c1ccc(-c2c3ccccc3c(-c3ccc(-c4nccc(-c5ccc6c(c5)c5cnccc5n6-c5ccccc5)n4)cc3)c3ccccc23)cc1. The van der Waals surface area contributed by atoms with Crippen molar-refractivity contribution < 1.29 is 0 Å². The van der Waals surface area contributed by atoms with Gasteiger partial charge in [0.15, 0.2) is 5.82 Å². The summed E-state index contributed by atoms with van der Waals surface area (Å²) >= 11 is 0. The van der Waals surface area contributed by atoms with Gasteiger partial charge in [0.2, 0.25) is 0 Å². The van der Waals surface area contributed by atoms with E-state index in [0.29, 0.717) is 5.82 Å². The van der Waals surface area contributed by atoms with E-state index in [2.05, 4.69) is 161 Å². The van der Waals surface area contributed by atoms with Gasteiger partial charge >= 0.3 is 0 Å². The lowest BCUT2D eigenvalue weighted by molar-refractivity contribution is 1.17. The summed E-state index contributed by atoms with van der Waals surface area (Å²) in [6.45, 7) is 0. The van der Waals surface area contributed by atoms with Crippen molar-refractivity contribution in [1.82, 2.24) is 19.5 Å². The lowest BCUT2D eigenvalue weighted by Crippen LogP contribution is -1.94. The number of para-hydroxylation sites is 1. The predicted molar refractivity (Wildman–Crippen MR) is 211 cm³/mol. The third-order valence-corrected chi connectivity index (χ3v) is 9.96. The van der Waals surface area contributed by atoms with E-state index < -0.39 is 0 Å².